The number of phenols is 1. The van der Waals surface area contributed by atoms with Crippen LogP contribution in [-0.4, -0.2) is 22.7 Å². The van der Waals surface area contributed by atoms with E-state index in [4.69, 9.17) is 4.74 Å². The zero-order valence-electron chi connectivity index (χ0n) is 10.8. The number of benzene rings is 2. The fourth-order valence-corrected chi connectivity index (χ4v) is 2.79. The third-order valence-electron chi connectivity index (χ3n) is 3.72. The van der Waals surface area contributed by atoms with E-state index in [9.17, 15) is 9.90 Å². The molecule has 4 heteroatoms. The number of hydrogen-bond acceptors (Lipinski definition) is 3. The van der Waals surface area contributed by atoms with Crippen LogP contribution in [-0.2, 0) is 0 Å². The van der Waals surface area contributed by atoms with E-state index in [1.54, 1.807) is 35.9 Å². The molecule has 0 saturated heterocycles. The molecule has 1 aliphatic heterocycles. The third kappa shape index (κ3) is 1.28. The number of ether oxygens (including phenoxy) is 1. The molecule has 0 fully saturated rings. The predicted octanol–water partition coefficient (Wildman–Crippen LogP) is 3.02. The molecule has 1 N–H and O–H groups in total. The van der Waals surface area contributed by atoms with E-state index in [0.717, 1.165) is 22.2 Å². The van der Waals surface area contributed by atoms with Crippen LogP contribution in [0.4, 0.5) is 0 Å². The standard InChI is InChI=1S/C16H11NO3/c1-20-11-3-4-12-13(8-11)16(19)17-14-5-2-10(18)6-9(14)7-15(12)17/h2-8,18H,1H3. The number of nitrogens with zero attached hydrogens (tertiary/aromatic N) is 1. The van der Waals surface area contributed by atoms with Crippen molar-refractivity contribution >= 4 is 16.8 Å². The second kappa shape index (κ2) is 3.63. The second-order valence-electron chi connectivity index (χ2n) is 4.82. The number of aromatic hydroxyl groups is 1. The molecule has 0 bridgehead atoms. The molecule has 0 amide bonds. The van der Waals surface area contributed by atoms with Gasteiger partial charge in [0.1, 0.15) is 11.5 Å². The van der Waals surface area contributed by atoms with Crippen molar-refractivity contribution < 1.29 is 14.6 Å². The van der Waals surface area contributed by atoms with Crippen molar-refractivity contribution in [3.05, 3.63) is 48.0 Å². The summed E-state index contributed by atoms with van der Waals surface area (Å²) in [5.41, 5.74) is 3.20. The van der Waals surface area contributed by atoms with Crippen molar-refractivity contribution in [3.63, 3.8) is 0 Å². The molecule has 0 atom stereocenters. The molecule has 4 nitrogen and oxygen atoms in total. The van der Waals surface area contributed by atoms with Gasteiger partial charge in [-0.1, -0.05) is 0 Å². The molecule has 4 rings (SSSR count). The van der Waals surface area contributed by atoms with Gasteiger partial charge in [0.15, 0.2) is 0 Å². The fraction of sp³-hybridized carbons (Fsp3) is 0.0625. The monoisotopic (exact) mass is 265 g/mol. The Bertz CT molecular complexity index is 877. The van der Waals surface area contributed by atoms with E-state index < -0.39 is 0 Å². The molecule has 1 aliphatic rings. The summed E-state index contributed by atoms with van der Waals surface area (Å²) >= 11 is 0. The molecule has 1 aromatic heterocycles. The van der Waals surface area contributed by atoms with Crippen LogP contribution < -0.4 is 4.74 Å². The molecule has 3 aromatic rings. The summed E-state index contributed by atoms with van der Waals surface area (Å²) in [4.78, 5) is 12.6. The normalized spacial score (nSPS) is 12.6. The van der Waals surface area contributed by atoms with Crippen LogP contribution in [0.1, 0.15) is 10.4 Å². The number of fused-ring (bicyclic) bond motifs is 5. The topological polar surface area (TPSA) is 51.5 Å². The Morgan fingerprint density at radius 2 is 1.90 bits per heavy atom. The lowest BCUT2D eigenvalue weighted by atomic mass is 10.1. The van der Waals surface area contributed by atoms with Gasteiger partial charge in [-0.05, 0) is 42.5 Å². The summed E-state index contributed by atoms with van der Waals surface area (Å²) < 4.78 is 6.85. The van der Waals surface area contributed by atoms with Crippen LogP contribution in [0, 0.1) is 0 Å². The first kappa shape index (κ1) is 11.1. The van der Waals surface area contributed by atoms with Crippen LogP contribution in [0.25, 0.3) is 22.2 Å². The maximum Gasteiger partial charge on any atom is 0.263 e. The molecular weight excluding hydrogens is 254 g/mol. The largest absolute Gasteiger partial charge is 0.508 e. The van der Waals surface area contributed by atoms with Crippen LogP contribution in [0.15, 0.2) is 42.5 Å². The average Bonchev–Trinajstić information content (AvgIpc) is 2.95. The van der Waals surface area contributed by atoms with E-state index in [2.05, 4.69) is 0 Å². The Kier molecular flexibility index (Phi) is 2.02. The first-order chi connectivity index (χ1) is 9.69. The maximum absolute atomic E-state index is 12.6. The van der Waals surface area contributed by atoms with Gasteiger partial charge in [0.05, 0.1) is 23.9 Å². The first-order valence-electron chi connectivity index (χ1n) is 6.26. The summed E-state index contributed by atoms with van der Waals surface area (Å²) in [6.45, 7) is 0. The number of hydrogen-bond donors (Lipinski definition) is 1. The Morgan fingerprint density at radius 1 is 1.05 bits per heavy atom. The molecule has 98 valence electrons. The van der Waals surface area contributed by atoms with Crippen LogP contribution in [0.3, 0.4) is 0 Å². The Hall–Kier alpha value is -2.75. The quantitative estimate of drug-likeness (QED) is 0.575. The highest BCUT2D eigenvalue weighted by Gasteiger charge is 2.28. The fourth-order valence-electron chi connectivity index (χ4n) is 2.79. The van der Waals surface area contributed by atoms with Crippen LogP contribution in [0.2, 0.25) is 0 Å². The SMILES string of the molecule is COc1ccc2c(c1)C(=O)n1c-2cc2cc(O)ccc21. The number of rotatable bonds is 1. The summed E-state index contributed by atoms with van der Waals surface area (Å²) in [7, 11) is 1.58. The van der Waals surface area contributed by atoms with Gasteiger partial charge in [-0.2, -0.15) is 0 Å². The highest BCUT2D eigenvalue weighted by atomic mass is 16.5. The Balaban J connectivity index is 2.04. The number of phenolic OH excluding ortho intramolecular Hbond substituents is 1. The predicted molar refractivity (Wildman–Crippen MR) is 75.3 cm³/mol. The van der Waals surface area contributed by atoms with Gasteiger partial charge in [-0.25, -0.2) is 0 Å². The van der Waals surface area contributed by atoms with Gasteiger partial charge in [0.25, 0.3) is 5.91 Å². The van der Waals surface area contributed by atoms with Crippen molar-refractivity contribution in [2.75, 3.05) is 7.11 Å². The summed E-state index contributed by atoms with van der Waals surface area (Å²) in [5, 5.41) is 10.4. The second-order valence-corrected chi connectivity index (χ2v) is 4.82. The molecule has 0 unspecified atom stereocenters. The summed E-state index contributed by atoms with van der Waals surface area (Å²) in [6.07, 6.45) is 0. The zero-order valence-corrected chi connectivity index (χ0v) is 10.8. The van der Waals surface area contributed by atoms with Gasteiger partial charge in [0.2, 0.25) is 0 Å². The number of carbonyl (C=O) groups is 1. The van der Waals surface area contributed by atoms with Crippen molar-refractivity contribution in [1.29, 1.82) is 0 Å². The zero-order chi connectivity index (χ0) is 13.9. The lowest BCUT2D eigenvalue weighted by Crippen LogP contribution is -2.05. The molecule has 2 aromatic carbocycles. The van der Waals surface area contributed by atoms with Crippen molar-refractivity contribution in [2.45, 2.75) is 0 Å². The molecule has 0 saturated carbocycles. The molecule has 0 spiro atoms. The summed E-state index contributed by atoms with van der Waals surface area (Å²) in [5.74, 6) is 0.809. The lowest BCUT2D eigenvalue weighted by Gasteiger charge is -2.02. The lowest BCUT2D eigenvalue weighted by molar-refractivity contribution is 0.0973. The minimum atomic E-state index is -0.0606. The van der Waals surface area contributed by atoms with Crippen molar-refractivity contribution in [3.8, 4) is 22.8 Å². The minimum absolute atomic E-state index is 0.0606. The number of aromatic nitrogens is 1. The van der Waals surface area contributed by atoms with Crippen molar-refractivity contribution in [2.24, 2.45) is 0 Å². The van der Waals surface area contributed by atoms with E-state index in [0.29, 0.717) is 11.3 Å². The van der Waals surface area contributed by atoms with E-state index >= 15 is 0 Å². The minimum Gasteiger partial charge on any atom is -0.508 e. The third-order valence-corrected chi connectivity index (χ3v) is 3.72. The van der Waals surface area contributed by atoms with Crippen molar-refractivity contribution in [1.82, 2.24) is 4.57 Å². The number of carbonyl (C=O) groups excluding carboxylic acids is 1. The van der Waals surface area contributed by atoms with Gasteiger partial charge in [-0.15, -0.1) is 0 Å². The highest BCUT2D eigenvalue weighted by molar-refractivity contribution is 6.14. The maximum atomic E-state index is 12.6. The van der Waals surface area contributed by atoms with Crippen LogP contribution >= 0.6 is 0 Å². The molecule has 0 radical (unpaired) electrons. The average molecular weight is 265 g/mol. The Morgan fingerprint density at radius 3 is 2.70 bits per heavy atom. The smallest absolute Gasteiger partial charge is 0.263 e. The number of methoxy groups -OCH3 is 1. The van der Waals surface area contributed by atoms with Gasteiger partial charge >= 0.3 is 0 Å². The molecule has 20 heavy (non-hydrogen) atoms. The van der Waals surface area contributed by atoms with E-state index in [1.807, 2.05) is 18.2 Å². The van der Waals surface area contributed by atoms with E-state index in [-0.39, 0.29) is 11.7 Å². The molecular formula is C16H11NO3. The van der Waals surface area contributed by atoms with Crippen LogP contribution in [0.5, 0.6) is 11.5 Å². The Labute approximate surface area is 114 Å². The van der Waals surface area contributed by atoms with E-state index in [1.165, 1.54) is 0 Å². The van der Waals surface area contributed by atoms with Gasteiger partial charge in [0, 0.05) is 10.9 Å². The first-order valence-corrected chi connectivity index (χ1v) is 6.26. The highest BCUT2D eigenvalue weighted by Crippen LogP contribution is 2.39. The van der Waals surface area contributed by atoms with Gasteiger partial charge in [-0.3, -0.25) is 9.36 Å². The van der Waals surface area contributed by atoms with Gasteiger partial charge < -0.3 is 9.84 Å². The molecule has 0 aliphatic carbocycles. The summed E-state index contributed by atoms with van der Waals surface area (Å²) in [6, 6.07) is 12.4. The molecule has 2 heterocycles.